The normalized spacial score (nSPS) is 13.4. The number of halogens is 3. The highest BCUT2D eigenvalue weighted by molar-refractivity contribution is 9.10. The van der Waals surface area contributed by atoms with Crippen LogP contribution in [-0.2, 0) is 11.8 Å². The van der Waals surface area contributed by atoms with Gasteiger partial charge >= 0.3 is 0 Å². The molecular formula is C9H14BrF2N3O. The number of aryl methyl sites for hydroxylation is 1. The molecular weight excluding hydrogens is 284 g/mol. The van der Waals surface area contributed by atoms with Crippen molar-refractivity contribution in [3.05, 3.63) is 16.4 Å². The van der Waals surface area contributed by atoms with E-state index in [4.69, 9.17) is 10.5 Å². The summed E-state index contributed by atoms with van der Waals surface area (Å²) in [5.74, 6) is 0. The van der Waals surface area contributed by atoms with Gasteiger partial charge in [-0.2, -0.15) is 5.10 Å². The van der Waals surface area contributed by atoms with Crippen LogP contribution < -0.4 is 5.73 Å². The molecule has 0 radical (unpaired) electrons. The minimum absolute atomic E-state index is 0.211. The maximum absolute atomic E-state index is 11.8. The molecule has 1 unspecified atom stereocenters. The molecule has 1 atom stereocenters. The van der Waals surface area contributed by atoms with Gasteiger partial charge in [0.2, 0.25) is 0 Å². The summed E-state index contributed by atoms with van der Waals surface area (Å²) >= 11 is 3.33. The first-order valence-corrected chi connectivity index (χ1v) is 5.60. The van der Waals surface area contributed by atoms with Crippen LogP contribution in [0, 0.1) is 0 Å². The van der Waals surface area contributed by atoms with E-state index in [-0.39, 0.29) is 12.6 Å². The molecule has 0 saturated heterocycles. The molecule has 0 spiro atoms. The zero-order valence-corrected chi connectivity index (χ0v) is 10.5. The number of aromatic nitrogens is 2. The Bertz CT molecular complexity index is 313. The van der Waals surface area contributed by atoms with Gasteiger partial charge in [-0.3, -0.25) is 4.68 Å². The van der Waals surface area contributed by atoms with Crippen LogP contribution in [0.1, 0.15) is 18.2 Å². The van der Waals surface area contributed by atoms with Gasteiger partial charge in [0.15, 0.2) is 0 Å². The maximum Gasteiger partial charge on any atom is 0.261 e. The standard InChI is InChI=1S/C9H14BrF2N3O/c1-15-9(6(10)4-14-15)7(13)2-3-16-5-8(11)12/h4,7-8H,2-3,5,13H2,1H3. The highest BCUT2D eigenvalue weighted by Crippen LogP contribution is 2.22. The van der Waals surface area contributed by atoms with E-state index >= 15 is 0 Å². The van der Waals surface area contributed by atoms with Crippen LogP contribution in [0.2, 0.25) is 0 Å². The van der Waals surface area contributed by atoms with Crippen molar-refractivity contribution in [2.75, 3.05) is 13.2 Å². The Balaban J connectivity index is 2.38. The number of ether oxygens (including phenoxy) is 1. The van der Waals surface area contributed by atoms with Crippen LogP contribution in [0.4, 0.5) is 8.78 Å². The number of rotatable bonds is 6. The van der Waals surface area contributed by atoms with Gasteiger partial charge < -0.3 is 10.5 Å². The molecule has 1 aromatic heterocycles. The van der Waals surface area contributed by atoms with E-state index < -0.39 is 13.0 Å². The van der Waals surface area contributed by atoms with Crippen molar-refractivity contribution < 1.29 is 13.5 Å². The molecule has 0 bridgehead atoms. The zero-order chi connectivity index (χ0) is 12.1. The Morgan fingerprint density at radius 1 is 1.62 bits per heavy atom. The maximum atomic E-state index is 11.8. The van der Waals surface area contributed by atoms with Crippen molar-refractivity contribution in [1.82, 2.24) is 9.78 Å². The summed E-state index contributed by atoms with van der Waals surface area (Å²) in [6.07, 6.45) is -0.306. The van der Waals surface area contributed by atoms with Gasteiger partial charge in [0, 0.05) is 13.7 Å². The smallest absolute Gasteiger partial charge is 0.261 e. The average Bonchev–Trinajstić information content (AvgIpc) is 2.53. The number of hydrogen-bond donors (Lipinski definition) is 1. The van der Waals surface area contributed by atoms with Gasteiger partial charge in [-0.05, 0) is 22.4 Å². The first kappa shape index (κ1) is 13.5. The third-order valence-electron chi connectivity index (χ3n) is 2.11. The van der Waals surface area contributed by atoms with Crippen molar-refractivity contribution in [3.63, 3.8) is 0 Å². The van der Waals surface area contributed by atoms with Crippen molar-refractivity contribution in [3.8, 4) is 0 Å². The van der Waals surface area contributed by atoms with Crippen LogP contribution in [-0.4, -0.2) is 29.4 Å². The van der Waals surface area contributed by atoms with Crippen molar-refractivity contribution in [1.29, 1.82) is 0 Å². The molecule has 0 aromatic carbocycles. The molecule has 1 heterocycles. The van der Waals surface area contributed by atoms with Crippen LogP contribution in [0.15, 0.2) is 10.7 Å². The van der Waals surface area contributed by atoms with Gasteiger partial charge in [-0.15, -0.1) is 0 Å². The van der Waals surface area contributed by atoms with Gasteiger partial charge in [0.05, 0.1) is 22.4 Å². The summed E-state index contributed by atoms with van der Waals surface area (Å²) in [6, 6.07) is -0.278. The molecule has 0 fully saturated rings. The molecule has 92 valence electrons. The predicted octanol–water partition coefficient (Wildman–Crippen LogP) is 1.85. The predicted molar refractivity (Wildman–Crippen MR) is 59.3 cm³/mol. The van der Waals surface area contributed by atoms with Crippen LogP contribution in [0.25, 0.3) is 0 Å². The van der Waals surface area contributed by atoms with Crippen molar-refractivity contribution in [2.24, 2.45) is 12.8 Å². The third-order valence-corrected chi connectivity index (χ3v) is 2.72. The van der Waals surface area contributed by atoms with E-state index in [0.29, 0.717) is 6.42 Å². The number of hydrogen-bond acceptors (Lipinski definition) is 3. The van der Waals surface area contributed by atoms with Crippen LogP contribution in [0.5, 0.6) is 0 Å². The minimum Gasteiger partial charge on any atom is -0.375 e. The molecule has 0 aliphatic rings. The van der Waals surface area contributed by atoms with Gasteiger partial charge in [0.25, 0.3) is 6.43 Å². The second-order valence-corrected chi connectivity index (χ2v) is 4.22. The lowest BCUT2D eigenvalue weighted by Gasteiger charge is -2.13. The Hall–Kier alpha value is -0.530. The second-order valence-electron chi connectivity index (χ2n) is 3.36. The Labute approximate surface area is 101 Å². The van der Waals surface area contributed by atoms with E-state index in [0.717, 1.165) is 10.2 Å². The minimum atomic E-state index is -2.43. The first-order chi connectivity index (χ1) is 7.52. The quantitative estimate of drug-likeness (QED) is 0.816. The third kappa shape index (κ3) is 3.80. The monoisotopic (exact) mass is 297 g/mol. The second kappa shape index (κ2) is 6.27. The Kier molecular flexibility index (Phi) is 5.30. The summed E-state index contributed by atoms with van der Waals surface area (Å²) in [5.41, 5.74) is 6.73. The molecule has 1 rings (SSSR count). The molecule has 2 N–H and O–H groups in total. The zero-order valence-electron chi connectivity index (χ0n) is 8.87. The molecule has 0 aliphatic heterocycles. The van der Waals surface area contributed by atoms with Gasteiger partial charge in [0.1, 0.15) is 6.61 Å². The molecule has 0 amide bonds. The first-order valence-electron chi connectivity index (χ1n) is 4.81. The molecule has 7 heteroatoms. The Morgan fingerprint density at radius 3 is 2.81 bits per heavy atom. The average molecular weight is 298 g/mol. The highest BCUT2D eigenvalue weighted by Gasteiger charge is 2.14. The van der Waals surface area contributed by atoms with Gasteiger partial charge in [-0.1, -0.05) is 0 Å². The summed E-state index contributed by atoms with van der Waals surface area (Å²) in [7, 11) is 1.78. The van der Waals surface area contributed by atoms with E-state index in [1.54, 1.807) is 17.9 Å². The fourth-order valence-electron chi connectivity index (χ4n) is 1.36. The van der Waals surface area contributed by atoms with Gasteiger partial charge in [-0.25, -0.2) is 8.78 Å². The number of nitrogens with zero attached hydrogens (tertiary/aromatic N) is 2. The molecule has 4 nitrogen and oxygen atoms in total. The summed E-state index contributed by atoms with van der Waals surface area (Å²) < 4.78 is 30.8. The number of alkyl halides is 2. The molecule has 1 aromatic rings. The van der Waals surface area contributed by atoms with Crippen molar-refractivity contribution >= 4 is 15.9 Å². The van der Waals surface area contributed by atoms with Crippen molar-refractivity contribution in [2.45, 2.75) is 18.9 Å². The SMILES string of the molecule is Cn1ncc(Br)c1C(N)CCOCC(F)F. The summed E-state index contributed by atoms with van der Waals surface area (Å²) in [4.78, 5) is 0. The summed E-state index contributed by atoms with van der Waals surface area (Å²) in [5, 5.41) is 4.02. The topological polar surface area (TPSA) is 53.1 Å². The lowest BCUT2D eigenvalue weighted by atomic mass is 10.1. The van der Waals surface area contributed by atoms with Crippen LogP contribution >= 0.6 is 15.9 Å². The highest BCUT2D eigenvalue weighted by atomic mass is 79.9. The lowest BCUT2D eigenvalue weighted by Crippen LogP contribution is -2.18. The molecule has 0 saturated carbocycles. The lowest BCUT2D eigenvalue weighted by molar-refractivity contribution is 0.0150. The van der Waals surface area contributed by atoms with E-state index in [9.17, 15) is 8.78 Å². The molecule has 16 heavy (non-hydrogen) atoms. The molecule has 0 aliphatic carbocycles. The number of nitrogens with two attached hydrogens (primary N) is 1. The largest absolute Gasteiger partial charge is 0.375 e. The fourth-order valence-corrected chi connectivity index (χ4v) is 2.00. The summed E-state index contributed by atoms with van der Waals surface area (Å²) in [6.45, 7) is -0.331. The van der Waals surface area contributed by atoms with E-state index in [1.807, 2.05) is 0 Å². The van der Waals surface area contributed by atoms with Crippen LogP contribution in [0.3, 0.4) is 0 Å². The van der Waals surface area contributed by atoms with E-state index in [1.165, 1.54) is 0 Å². The Morgan fingerprint density at radius 2 is 2.31 bits per heavy atom. The van der Waals surface area contributed by atoms with E-state index in [2.05, 4.69) is 21.0 Å². The fraction of sp³-hybridized carbons (Fsp3) is 0.667.